The minimum Gasteiger partial charge on any atom is -0.329 e. The first-order valence-electron chi connectivity index (χ1n) is 5.39. The molecule has 16 heavy (non-hydrogen) atoms. The summed E-state index contributed by atoms with van der Waals surface area (Å²) in [5.41, 5.74) is 8.13. The van der Waals surface area contributed by atoms with Crippen molar-refractivity contribution in [1.29, 1.82) is 0 Å². The van der Waals surface area contributed by atoms with Gasteiger partial charge in [-0.2, -0.15) is 0 Å². The lowest BCUT2D eigenvalue weighted by Gasteiger charge is -2.17. The van der Waals surface area contributed by atoms with Gasteiger partial charge in [-0.05, 0) is 30.9 Å². The SMILES string of the molecule is C=C(C)CNC(CN)c1ccc(SC)cc1. The molecule has 3 N–H and O–H groups in total. The van der Waals surface area contributed by atoms with E-state index in [0.717, 1.165) is 12.1 Å². The van der Waals surface area contributed by atoms with Crippen LogP contribution in [0.4, 0.5) is 0 Å². The van der Waals surface area contributed by atoms with E-state index >= 15 is 0 Å². The van der Waals surface area contributed by atoms with E-state index in [1.807, 2.05) is 6.92 Å². The smallest absolute Gasteiger partial charge is 0.0447 e. The molecule has 0 aliphatic rings. The molecular formula is C13H20N2S. The molecule has 1 atom stereocenters. The van der Waals surface area contributed by atoms with Gasteiger partial charge in [0, 0.05) is 24.0 Å². The lowest BCUT2D eigenvalue weighted by molar-refractivity contribution is 0.569. The zero-order valence-corrected chi connectivity index (χ0v) is 10.8. The number of hydrogen-bond donors (Lipinski definition) is 2. The normalized spacial score (nSPS) is 12.4. The third kappa shape index (κ3) is 4.00. The largest absolute Gasteiger partial charge is 0.329 e. The summed E-state index contributed by atoms with van der Waals surface area (Å²) in [5, 5.41) is 3.39. The van der Waals surface area contributed by atoms with Crippen molar-refractivity contribution in [3.63, 3.8) is 0 Å². The van der Waals surface area contributed by atoms with Gasteiger partial charge in [0.25, 0.3) is 0 Å². The number of hydrogen-bond acceptors (Lipinski definition) is 3. The second-order valence-corrected chi connectivity index (χ2v) is 4.78. The lowest BCUT2D eigenvalue weighted by atomic mass is 10.1. The third-order valence-electron chi connectivity index (χ3n) is 2.40. The molecule has 0 fully saturated rings. The molecular weight excluding hydrogens is 216 g/mol. The monoisotopic (exact) mass is 236 g/mol. The molecule has 0 saturated heterocycles. The summed E-state index contributed by atoms with van der Waals surface area (Å²) >= 11 is 1.75. The van der Waals surface area contributed by atoms with Gasteiger partial charge in [0.05, 0.1) is 0 Å². The summed E-state index contributed by atoms with van der Waals surface area (Å²) in [6.07, 6.45) is 2.08. The first kappa shape index (κ1) is 13.3. The van der Waals surface area contributed by atoms with E-state index in [0.29, 0.717) is 6.54 Å². The molecule has 0 amide bonds. The quantitative estimate of drug-likeness (QED) is 0.589. The summed E-state index contributed by atoms with van der Waals surface area (Å²) < 4.78 is 0. The highest BCUT2D eigenvalue weighted by Gasteiger charge is 2.08. The van der Waals surface area contributed by atoms with Crippen LogP contribution in [0.25, 0.3) is 0 Å². The van der Waals surface area contributed by atoms with Crippen LogP contribution in [0.1, 0.15) is 18.5 Å². The topological polar surface area (TPSA) is 38.0 Å². The number of nitrogens with one attached hydrogen (secondary N) is 1. The van der Waals surface area contributed by atoms with Crippen LogP contribution in [0.5, 0.6) is 0 Å². The zero-order valence-electron chi connectivity index (χ0n) is 9.99. The molecule has 0 aliphatic carbocycles. The van der Waals surface area contributed by atoms with Crippen molar-refractivity contribution >= 4 is 11.8 Å². The van der Waals surface area contributed by atoms with Crippen LogP contribution in [0.15, 0.2) is 41.3 Å². The summed E-state index contributed by atoms with van der Waals surface area (Å²) in [4.78, 5) is 1.28. The minimum absolute atomic E-state index is 0.215. The highest BCUT2D eigenvalue weighted by Crippen LogP contribution is 2.18. The van der Waals surface area contributed by atoms with Crippen LogP contribution in [-0.2, 0) is 0 Å². The predicted octanol–water partition coefficient (Wildman–Crippen LogP) is 2.57. The Kier molecular flexibility index (Phi) is 5.60. The van der Waals surface area contributed by atoms with E-state index in [1.54, 1.807) is 11.8 Å². The fraction of sp³-hybridized carbons (Fsp3) is 0.385. The Morgan fingerprint density at radius 3 is 2.50 bits per heavy atom. The fourth-order valence-corrected chi connectivity index (χ4v) is 1.88. The van der Waals surface area contributed by atoms with E-state index < -0.39 is 0 Å². The summed E-state index contributed by atoms with van der Waals surface area (Å²) in [5.74, 6) is 0. The minimum atomic E-state index is 0.215. The van der Waals surface area contributed by atoms with Gasteiger partial charge in [0.15, 0.2) is 0 Å². The Bertz CT molecular complexity index is 332. The first-order chi connectivity index (χ1) is 7.67. The Morgan fingerprint density at radius 1 is 1.44 bits per heavy atom. The Labute approximate surface area is 102 Å². The molecule has 0 bridgehead atoms. The zero-order chi connectivity index (χ0) is 12.0. The van der Waals surface area contributed by atoms with Gasteiger partial charge in [-0.15, -0.1) is 11.8 Å². The Morgan fingerprint density at radius 2 is 2.06 bits per heavy atom. The Balaban J connectivity index is 2.66. The van der Waals surface area contributed by atoms with Gasteiger partial charge in [0.2, 0.25) is 0 Å². The van der Waals surface area contributed by atoms with Crippen molar-refractivity contribution < 1.29 is 0 Å². The van der Waals surface area contributed by atoms with E-state index in [-0.39, 0.29) is 6.04 Å². The third-order valence-corrected chi connectivity index (χ3v) is 3.15. The van der Waals surface area contributed by atoms with E-state index in [2.05, 4.69) is 42.4 Å². The van der Waals surface area contributed by atoms with Crippen LogP contribution in [0.3, 0.4) is 0 Å². The molecule has 3 heteroatoms. The molecule has 88 valence electrons. The highest BCUT2D eigenvalue weighted by atomic mass is 32.2. The average molecular weight is 236 g/mol. The van der Waals surface area contributed by atoms with Crippen LogP contribution < -0.4 is 11.1 Å². The molecule has 0 aliphatic heterocycles. The van der Waals surface area contributed by atoms with Crippen molar-refractivity contribution in [3.8, 4) is 0 Å². The summed E-state index contributed by atoms with van der Waals surface area (Å²) in [6, 6.07) is 8.74. The standard InChI is InChI=1S/C13H20N2S/c1-10(2)9-15-13(8-14)11-4-6-12(16-3)7-5-11/h4-7,13,15H,1,8-9,14H2,2-3H3. The van der Waals surface area contributed by atoms with E-state index in [1.165, 1.54) is 10.5 Å². The summed E-state index contributed by atoms with van der Waals surface area (Å²) in [7, 11) is 0. The van der Waals surface area contributed by atoms with Crippen molar-refractivity contribution in [2.45, 2.75) is 17.9 Å². The molecule has 0 spiro atoms. The summed E-state index contributed by atoms with van der Waals surface area (Å²) in [6.45, 7) is 7.30. The number of benzene rings is 1. The number of nitrogens with two attached hydrogens (primary N) is 1. The van der Waals surface area contributed by atoms with Gasteiger partial charge in [-0.25, -0.2) is 0 Å². The van der Waals surface area contributed by atoms with Gasteiger partial charge >= 0.3 is 0 Å². The maximum absolute atomic E-state index is 5.76. The van der Waals surface area contributed by atoms with Gasteiger partial charge in [-0.1, -0.05) is 24.3 Å². The number of rotatable bonds is 6. The molecule has 0 radical (unpaired) electrons. The average Bonchev–Trinajstić information content (AvgIpc) is 2.30. The lowest BCUT2D eigenvalue weighted by Crippen LogP contribution is -2.29. The Hall–Kier alpha value is -0.770. The molecule has 0 aromatic heterocycles. The van der Waals surface area contributed by atoms with Crippen LogP contribution in [0.2, 0.25) is 0 Å². The molecule has 1 aromatic rings. The van der Waals surface area contributed by atoms with Gasteiger partial charge in [0.1, 0.15) is 0 Å². The van der Waals surface area contributed by atoms with Crippen LogP contribution in [0, 0.1) is 0 Å². The molecule has 0 heterocycles. The van der Waals surface area contributed by atoms with E-state index in [9.17, 15) is 0 Å². The predicted molar refractivity (Wildman–Crippen MR) is 72.8 cm³/mol. The molecule has 1 rings (SSSR count). The first-order valence-corrected chi connectivity index (χ1v) is 6.61. The molecule has 0 saturated carbocycles. The molecule has 1 aromatic carbocycles. The highest BCUT2D eigenvalue weighted by molar-refractivity contribution is 7.98. The maximum Gasteiger partial charge on any atom is 0.0447 e. The second kappa shape index (κ2) is 6.74. The number of thioether (sulfide) groups is 1. The van der Waals surface area contributed by atoms with Crippen molar-refractivity contribution in [1.82, 2.24) is 5.32 Å². The van der Waals surface area contributed by atoms with Gasteiger partial charge in [-0.3, -0.25) is 0 Å². The van der Waals surface area contributed by atoms with E-state index in [4.69, 9.17) is 5.73 Å². The molecule has 2 nitrogen and oxygen atoms in total. The maximum atomic E-state index is 5.76. The fourth-order valence-electron chi connectivity index (χ4n) is 1.47. The van der Waals surface area contributed by atoms with Gasteiger partial charge < -0.3 is 11.1 Å². The van der Waals surface area contributed by atoms with Crippen LogP contribution >= 0.6 is 11.8 Å². The molecule has 1 unspecified atom stereocenters. The van der Waals surface area contributed by atoms with Crippen molar-refractivity contribution in [3.05, 3.63) is 42.0 Å². The van der Waals surface area contributed by atoms with Crippen molar-refractivity contribution in [2.75, 3.05) is 19.3 Å². The second-order valence-electron chi connectivity index (χ2n) is 3.90. The van der Waals surface area contributed by atoms with Crippen molar-refractivity contribution in [2.24, 2.45) is 5.73 Å². The van der Waals surface area contributed by atoms with Crippen LogP contribution in [-0.4, -0.2) is 19.3 Å².